The van der Waals surface area contributed by atoms with Crippen LogP contribution in [0.4, 0.5) is 6.01 Å². The van der Waals surface area contributed by atoms with Crippen molar-refractivity contribution >= 4 is 33.3 Å². The van der Waals surface area contributed by atoms with Gasteiger partial charge < -0.3 is 9.84 Å². The molecule has 68 valence electrons. The van der Waals surface area contributed by atoms with E-state index in [0.29, 0.717) is 11.8 Å². The molecule has 2 aromatic heterocycles. The molecule has 13 heavy (non-hydrogen) atoms. The zero-order chi connectivity index (χ0) is 9.26. The molecule has 0 fully saturated rings. The Hall–Kier alpha value is -0.880. The number of nitrogens with zero attached hydrogens (tertiary/aromatic N) is 2. The lowest BCUT2D eigenvalue weighted by atomic mass is 10.4. The van der Waals surface area contributed by atoms with E-state index in [1.54, 1.807) is 18.4 Å². The fourth-order valence-corrected chi connectivity index (χ4v) is 2.21. The summed E-state index contributed by atoms with van der Waals surface area (Å²) in [6.07, 6.45) is 0. The molecule has 0 aliphatic heterocycles. The highest BCUT2D eigenvalue weighted by atomic mass is 79.9. The number of hydrogen-bond donors (Lipinski definition) is 1. The van der Waals surface area contributed by atoms with Gasteiger partial charge >= 0.3 is 6.01 Å². The largest absolute Gasteiger partial charge is 0.341 e. The molecule has 0 unspecified atom stereocenters. The van der Waals surface area contributed by atoms with Crippen molar-refractivity contribution < 1.29 is 4.52 Å². The van der Waals surface area contributed by atoms with Gasteiger partial charge in [-0.05, 0) is 22.0 Å². The summed E-state index contributed by atoms with van der Waals surface area (Å²) in [5, 5.41) is 8.57. The summed E-state index contributed by atoms with van der Waals surface area (Å²) < 4.78 is 5.93. The van der Waals surface area contributed by atoms with Crippen LogP contribution in [0.2, 0.25) is 0 Å². The van der Waals surface area contributed by atoms with Crippen molar-refractivity contribution in [3.05, 3.63) is 15.9 Å². The van der Waals surface area contributed by atoms with E-state index < -0.39 is 0 Å². The molecule has 1 N–H and O–H groups in total. The fourth-order valence-electron chi connectivity index (χ4n) is 0.855. The van der Waals surface area contributed by atoms with Crippen molar-refractivity contribution in [1.29, 1.82) is 0 Å². The Morgan fingerprint density at radius 3 is 3.00 bits per heavy atom. The van der Waals surface area contributed by atoms with Crippen LogP contribution >= 0.6 is 27.3 Å². The van der Waals surface area contributed by atoms with Gasteiger partial charge in [0, 0.05) is 16.9 Å². The SMILES string of the molecule is CNc1nc(-c2cc(Br)cs2)no1. The summed E-state index contributed by atoms with van der Waals surface area (Å²) in [4.78, 5) is 5.10. The highest BCUT2D eigenvalue weighted by Gasteiger charge is 2.08. The van der Waals surface area contributed by atoms with Gasteiger partial charge in [-0.15, -0.1) is 11.3 Å². The third-order valence-corrected chi connectivity index (χ3v) is 3.11. The van der Waals surface area contributed by atoms with E-state index in [1.807, 2.05) is 11.4 Å². The van der Waals surface area contributed by atoms with Crippen LogP contribution in [0.1, 0.15) is 0 Å². The first-order valence-corrected chi connectivity index (χ1v) is 5.23. The second-order valence-electron chi connectivity index (χ2n) is 2.30. The predicted molar refractivity (Wildman–Crippen MR) is 54.9 cm³/mol. The van der Waals surface area contributed by atoms with Gasteiger partial charge in [0.25, 0.3) is 0 Å². The molecule has 0 saturated carbocycles. The van der Waals surface area contributed by atoms with Crippen molar-refractivity contribution in [3.8, 4) is 10.7 Å². The number of hydrogen-bond acceptors (Lipinski definition) is 5. The molecule has 2 heterocycles. The first-order chi connectivity index (χ1) is 6.29. The standard InChI is InChI=1S/C7H6BrN3OS/c1-9-7-10-6(11-12-7)5-2-4(8)3-13-5/h2-3H,1H3,(H,9,10,11). The van der Waals surface area contributed by atoms with E-state index in [-0.39, 0.29) is 0 Å². The van der Waals surface area contributed by atoms with Crippen LogP contribution in [0.5, 0.6) is 0 Å². The molecule has 2 aromatic rings. The number of aromatic nitrogens is 2. The lowest BCUT2D eigenvalue weighted by molar-refractivity contribution is 0.434. The Bertz CT molecular complexity index is 411. The van der Waals surface area contributed by atoms with Gasteiger partial charge in [-0.2, -0.15) is 4.98 Å². The molecule has 0 radical (unpaired) electrons. The van der Waals surface area contributed by atoms with Gasteiger partial charge in [-0.1, -0.05) is 5.16 Å². The molecule has 0 saturated heterocycles. The van der Waals surface area contributed by atoms with Crippen LogP contribution in [0.15, 0.2) is 20.4 Å². The second-order valence-corrected chi connectivity index (χ2v) is 4.13. The maximum atomic E-state index is 4.90. The molecule has 0 amide bonds. The Morgan fingerprint density at radius 1 is 1.62 bits per heavy atom. The van der Waals surface area contributed by atoms with Crippen LogP contribution in [0.3, 0.4) is 0 Å². The van der Waals surface area contributed by atoms with Gasteiger partial charge in [-0.3, -0.25) is 0 Å². The number of thiophene rings is 1. The van der Waals surface area contributed by atoms with E-state index >= 15 is 0 Å². The first-order valence-electron chi connectivity index (χ1n) is 3.55. The van der Waals surface area contributed by atoms with Crippen molar-refractivity contribution in [2.24, 2.45) is 0 Å². The first kappa shape index (κ1) is 8.71. The lowest BCUT2D eigenvalue weighted by Gasteiger charge is -1.83. The predicted octanol–water partition coefficient (Wildman–Crippen LogP) is 2.60. The van der Waals surface area contributed by atoms with E-state index in [9.17, 15) is 0 Å². The van der Waals surface area contributed by atoms with Crippen LogP contribution in [0, 0.1) is 0 Å². The highest BCUT2D eigenvalue weighted by Crippen LogP contribution is 2.28. The maximum Gasteiger partial charge on any atom is 0.321 e. The van der Waals surface area contributed by atoms with Crippen molar-refractivity contribution in [3.63, 3.8) is 0 Å². The monoisotopic (exact) mass is 259 g/mol. The number of halogens is 1. The summed E-state index contributed by atoms with van der Waals surface area (Å²) in [6.45, 7) is 0. The van der Waals surface area contributed by atoms with E-state index in [0.717, 1.165) is 9.35 Å². The van der Waals surface area contributed by atoms with E-state index in [2.05, 4.69) is 31.4 Å². The van der Waals surface area contributed by atoms with Gasteiger partial charge in [0.2, 0.25) is 5.82 Å². The quantitative estimate of drug-likeness (QED) is 0.901. The fraction of sp³-hybridized carbons (Fsp3) is 0.143. The summed E-state index contributed by atoms with van der Waals surface area (Å²) in [6, 6.07) is 2.38. The zero-order valence-electron chi connectivity index (χ0n) is 6.74. The van der Waals surface area contributed by atoms with Crippen molar-refractivity contribution in [2.45, 2.75) is 0 Å². The van der Waals surface area contributed by atoms with Crippen molar-refractivity contribution in [2.75, 3.05) is 12.4 Å². The maximum absolute atomic E-state index is 4.90. The molecule has 0 aliphatic rings. The summed E-state index contributed by atoms with van der Waals surface area (Å²) >= 11 is 4.93. The van der Waals surface area contributed by atoms with Crippen molar-refractivity contribution in [1.82, 2.24) is 10.1 Å². The molecule has 0 aromatic carbocycles. The van der Waals surface area contributed by atoms with Gasteiger partial charge in [0.15, 0.2) is 0 Å². The Morgan fingerprint density at radius 2 is 2.46 bits per heavy atom. The van der Waals surface area contributed by atoms with Crippen LogP contribution < -0.4 is 5.32 Å². The minimum Gasteiger partial charge on any atom is -0.341 e. The van der Waals surface area contributed by atoms with Crippen LogP contribution in [0.25, 0.3) is 10.7 Å². The highest BCUT2D eigenvalue weighted by molar-refractivity contribution is 9.10. The topological polar surface area (TPSA) is 51.0 Å². The summed E-state index contributed by atoms with van der Waals surface area (Å²) in [5.41, 5.74) is 0. The second kappa shape index (κ2) is 3.47. The molecule has 0 aliphatic carbocycles. The molecule has 0 spiro atoms. The van der Waals surface area contributed by atoms with Gasteiger partial charge in [-0.25, -0.2) is 0 Å². The lowest BCUT2D eigenvalue weighted by Crippen LogP contribution is -1.86. The average Bonchev–Trinajstić information content (AvgIpc) is 2.71. The molecular weight excluding hydrogens is 254 g/mol. The third-order valence-electron chi connectivity index (χ3n) is 1.43. The molecular formula is C7H6BrN3OS. The number of anilines is 1. The molecule has 4 nitrogen and oxygen atoms in total. The normalized spacial score (nSPS) is 10.3. The molecule has 6 heteroatoms. The molecule has 2 rings (SSSR count). The summed E-state index contributed by atoms with van der Waals surface area (Å²) in [5.74, 6) is 0.611. The van der Waals surface area contributed by atoms with Crippen LogP contribution in [-0.2, 0) is 0 Å². The molecule has 0 bridgehead atoms. The minimum atomic E-state index is 0.430. The minimum absolute atomic E-state index is 0.430. The average molecular weight is 260 g/mol. The van der Waals surface area contributed by atoms with Crippen LogP contribution in [-0.4, -0.2) is 17.2 Å². The molecule has 0 atom stereocenters. The number of nitrogens with one attached hydrogen (secondary N) is 1. The Balaban J connectivity index is 2.35. The Labute approximate surface area is 87.1 Å². The number of rotatable bonds is 2. The van der Waals surface area contributed by atoms with E-state index in [1.165, 1.54) is 0 Å². The zero-order valence-corrected chi connectivity index (χ0v) is 9.15. The summed E-state index contributed by atoms with van der Waals surface area (Å²) in [7, 11) is 1.74. The van der Waals surface area contributed by atoms with Gasteiger partial charge in [0.1, 0.15) is 0 Å². The van der Waals surface area contributed by atoms with E-state index in [4.69, 9.17) is 4.52 Å². The smallest absolute Gasteiger partial charge is 0.321 e. The Kier molecular flexibility index (Phi) is 2.32. The third kappa shape index (κ3) is 1.73. The van der Waals surface area contributed by atoms with Gasteiger partial charge in [0.05, 0.1) is 4.88 Å².